The van der Waals surface area contributed by atoms with Crippen LogP contribution in [-0.2, 0) is 6.54 Å². The fraction of sp³-hybridized carbons (Fsp3) is 0.167. The van der Waals surface area contributed by atoms with Crippen molar-refractivity contribution < 1.29 is 4.74 Å². The zero-order chi connectivity index (χ0) is 11.4. The first kappa shape index (κ1) is 13.4. The summed E-state index contributed by atoms with van der Waals surface area (Å²) in [7, 11) is 1.64. The molecule has 17 heavy (non-hydrogen) atoms. The molecular formula is C12H14ClN3O. The van der Waals surface area contributed by atoms with Crippen LogP contribution < -0.4 is 10.5 Å². The summed E-state index contributed by atoms with van der Waals surface area (Å²) in [5, 5.41) is 0. The molecule has 0 atom stereocenters. The monoisotopic (exact) mass is 251 g/mol. The van der Waals surface area contributed by atoms with E-state index < -0.39 is 0 Å². The van der Waals surface area contributed by atoms with E-state index in [4.69, 9.17) is 10.5 Å². The summed E-state index contributed by atoms with van der Waals surface area (Å²) in [5.41, 5.74) is 7.36. The Bertz CT molecular complexity index is 445. The van der Waals surface area contributed by atoms with Crippen molar-refractivity contribution in [3.05, 3.63) is 42.4 Å². The van der Waals surface area contributed by atoms with Crippen LogP contribution in [0.25, 0.3) is 11.3 Å². The van der Waals surface area contributed by atoms with E-state index >= 15 is 0 Å². The molecule has 0 spiro atoms. The number of halogens is 1. The molecule has 1 heterocycles. The summed E-state index contributed by atoms with van der Waals surface area (Å²) in [6.45, 7) is 0.345. The lowest BCUT2D eigenvalue weighted by Gasteiger charge is -2.04. The maximum absolute atomic E-state index is 5.50. The third-order valence-corrected chi connectivity index (χ3v) is 2.25. The highest BCUT2D eigenvalue weighted by molar-refractivity contribution is 5.85. The molecule has 90 valence electrons. The summed E-state index contributed by atoms with van der Waals surface area (Å²) in [6.07, 6.45) is 1.71. The Morgan fingerprint density at radius 1 is 1.29 bits per heavy atom. The van der Waals surface area contributed by atoms with Crippen LogP contribution in [0.5, 0.6) is 5.75 Å². The summed E-state index contributed by atoms with van der Waals surface area (Å²) in [4.78, 5) is 8.40. The fourth-order valence-electron chi connectivity index (χ4n) is 1.44. The quantitative estimate of drug-likeness (QED) is 0.907. The molecule has 2 N–H and O–H groups in total. The normalized spacial score (nSPS) is 9.53. The van der Waals surface area contributed by atoms with Gasteiger partial charge in [-0.15, -0.1) is 12.4 Å². The zero-order valence-electron chi connectivity index (χ0n) is 9.46. The Balaban J connectivity index is 0.00000144. The highest BCUT2D eigenvalue weighted by Gasteiger charge is 2.02. The average molecular weight is 252 g/mol. The molecule has 0 amide bonds. The van der Waals surface area contributed by atoms with Crippen LogP contribution >= 0.6 is 12.4 Å². The highest BCUT2D eigenvalue weighted by Crippen LogP contribution is 2.21. The van der Waals surface area contributed by atoms with Gasteiger partial charge >= 0.3 is 0 Å². The van der Waals surface area contributed by atoms with E-state index in [1.807, 2.05) is 30.3 Å². The predicted molar refractivity (Wildman–Crippen MR) is 69.2 cm³/mol. The van der Waals surface area contributed by atoms with Gasteiger partial charge in [0, 0.05) is 11.8 Å². The van der Waals surface area contributed by atoms with E-state index in [2.05, 4.69) is 9.97 Å². The molecule has 0 aliphatic rings. The minimum atomic E-state index is 0. The first-order valence-electron chi connectivity index (χ1n) is 5.00. The van der Waals surface area contributed by atoms with E-state index in [0.29, 0.717) is 12.4 Å². The molecule has 5 heteroatoms. The number of rotatable bonds is 3. The molecule has 0 aliphatic heterocycles. The van der Waals surface area contributed by atoms with Gasteiger partial charge in [0.2, 0.25) is 0 Å². The largest absolute Gasteiger partial charge is 0.497 e. The number of hydrogen-bond acceptors (Lipinski definition) is 4. The number of methoxy groups -OCH3 is 1. The van der Waals surface area contributed by atoms with Gasteiger partial charge in [-0.3, -0.25) is 0 Å². The Hall–Kier alpha value is -1.65. The smallest absolute Gasteiger partial charge is 0.142 e. The fourth-order valence-corrected chi connectivity index (χ4v) is 1.44. The number of benzene rings is 1. The second kappa shape index (κ2) is 6.18. The van der Waals surface area contributed by atoms with E-state index in [0.717, 1.165) is 17.0 Å². The summed E-state index contributed by atoms with van der Waals surface area (Å²) in [5.74, 6) is 1.45. The highest BCUT2D eigenvalue weighted by atomic mass is 35.5. The first-order valence-corrected chi connectivity index (χ1v) is 5.00. The molecular weight excluding hydrogens is 238 g/mol. The van der Waals surface area contributed by atoms with Crippen LogP contribution in [0.1, 0.15) is 5.82 Å². The van der Waals surface area contributed by atoms with Crippen LogP contribution in [0.15, 0.2) is 36.5 Å². The van der Waals surface area contributed by atoms with Crippen molar-refractivity contribution in [1.29, 1.82) is 0 Å². The molecule has 0 bridgehead atoms. The van der Waals surface area contributed by atoms with Gasteiger partial charge in [-0.05, 0) is 18.2 Å². The zero-order valence-corrected chi connectivity index (χ0v) is 10.3. The molecule has 2 aromatic rings. The topological polar surface area (TPSA) is 61.0 Å². The summed E-state index contributed by atoms with van der Waals surface area (Å²) < 4.78 is 5.16. The van der Waals surface area contributed by atoms with Gasteiger partial charge in [-0.25, -0.2) is 9.97 Å². The lowest BCUT2D eigenvalue weighted by molar-refractivity contribution is 0.415. The lowest BCUT2D eigenvalue weighted by Crippen LogP contribution is -2.03. The van der Waals surface area contributed by atoms with Crippen molar-refractivity contribution in [1.82, 2.24) is 9.97 Å². The van der Waals surface area contributed by atoms with Crippen LogP contribution in [0.2, 0.25) is 0 Å². The number of hydrogen-bond donors (Lipinski definition) is 1. The van der Waals surface area contributed by atoms with Crippen molar-refractivity contribution >= 4 is 12.4 Å². The van der Waals surface area contributed by atoms with Crippen LogP contribution in [0, 0.1) is 0 Å². The molecule has 1 aromatic carbocycles. The van der Waals surface area contributed by atoms with Gasteiger partial charge in [-0.2, -0.15) is 0 Å². The summed E-state index contributed by atoms with van der Waals surface area (Å²) >= 11 is 0. The van der Waals surface area contributed by atoms with Gasteiger partial charge < -0.3 is 10.5 Å². The number of nitrogens with zero attached hydrogens (tertiary/aromatic N) is 2. The molecule has 0 saturated carbocycles. The third kappa shape index (κ3) is 3.15. The predicted octanol–water partition coefficient (Wildman–Crippen LogP) is 2.03. The standard InChI is InChI=1S/C12H13N3O.ClH/c1-16-10-4-2-3-9(7-10)11-5-6-14-12(8-13)15-11;/h2-7H,8,13H2,1H3;1H. The third-order valence-electron chi connectivity index (χ3n) is 2.25. The Morgan fingerprint density at radius 2 is 2.12 bits per heavy atom. The van der Waals surface area contributed by atoms with E-state index in [9.17, 15) is 0 Å². The maximum atomic E-state index is 5.50. The first-order chi connectivity index (χ1) is 7.83. The molecule has 0 unspecified atom stereocenters. The second-order valence-corrected chi connectivity index (χ2v) is 3.29. The molecule has 1 aromatic heterocycles. The maximum Gasteiger partial charge on any atom is 0.142 e. The Labute approximate surface area is 106 Å². The molecule has 0 saturated heterocycles. The molecule has 4 nitrogen and oxygen atoms in total. The van der Waals surface area contributed by atoms with Gasteiger partial charge in [-0.1, -0.05) is 12.1 Å². The van der Waals surface area contributed by atoms with E-state index in [-0.39, 0.29) is 12.4 Å². The lowest BCUT2D eigenvalue weighted by atomic mass is 10.1. The molecule has 0 fully saturated rings. The van der Waals surface area contributed by atoms with Crippen molar-refractivity contribution in [3.63, 3.8) is 0 Å². The average Bonchev–Trinajstić information content (AvgIpc) is 2.39. The number of nitrogens with two attached hydrogens (primary N) is 1. The van der Waals surface area contributed by atoms with E-state index in [1.54, 1.807) is 13.3 Å². The van der Waals surface area contributed by atoms with Gasteiger partial charge in [0.25, 0.3) is 0 Å². The molecule has 0 radical (unpaired) electrons. The van der Waals surface area contributed by atoms with Crippen molar-refractivity contribution in [2.75, 3.05) is 7.11 Å². The van der Waals surface area contributed by atoms with Crippen molar-refractivity contribution in [2.45, 2.75) is 6.54 Å². The van der Waals surface area contributed by atoms with Crippen LogP contribution in [0.3, 0.4) is 0 Å². The Kier molecular flexibility index (Phi) is 4.87. The second-order valence-electron chi connectivity index (χ2n) is 3.29. The number of aromatic nitrogens is 2. The van der Waals surface area contributed by atoms with Gasteiger partial charge in [0.15, 0.2) is 0 Å². The Morgan fingerprint density at radius 3 is 2.82 bits per heavy atom. The SMILES string of the molecule is COc1cccc(-c2ccnc(CN)n2)c1.Cl. The van der Waals surface area contributed by atoms with Crippen molar-refractivity contribution in [3.8, 4) is 17.0 Å². The molecule has 2 rings (SSSR count). The van der Waals surface area contributed by atoms with E-state index in [1.165, 1.54) is 0 Å². The number of ether oxygens (including phenoxy) is 1. The minimum absolute atomic E-state index is 0. The molecule has 0 aliphatic carbocycles. The minimum Gasteiger partial charge on any atom is -0.497 e. The van der Waals surface area contributed by atoms with Gasteiger partial charge in [0.1, 0.15) is 11.6 Å². The van der Waals surface area contributed by atoms with Crippen molar-refractivity contribution in [2.24, 2.45) is 5.73 Å². The van der Waals surface area contributed by atoms with Gasteiger partial charge in [0.05, 0.1) is 19.3 Å². The van der Waals surface area contributed by atoms with Crippen LogP contribution in [-0.4, -0.2) is 17.1 Å². The summed E-state index contributed by atoms with van der Waals surface area (Å²) in [6, 6.07) is 9.59. The van der Waals surface area contributed by atoms with Crippen LogP contribution in [0.4, 0.5) is 0 Å².